The van der Waals surface area contributed by atoms with E-state index in [1.807, 2.05) is 20.8 Å². The van der Waals surface area contributed by atoms with Gasteiger partial charge in [0.2, 0.25) is 0 Å². The topological polar surface area (TPSA) is 72.9 Å². The number of halogens is 1. The number of hydrogen-bond acceptors (Lipinski definition) is 5. The second-order valence-electron chi connectivity index (χ2n) is 6.87. The van der Waals surface area contributed by atoms with Gasteiger partial charge in [0.25, 0.3) is 5.91 Å². The van der Waals surface area contributed by atoms with Crippen LogP contribution < -0.4 is 14.4 Å². The van der Waals surface area contributed by atoms with Gasteiger partial charge in [-0.15, -0.1) is 0 Å². The summed E-state index contributed by atoms with van der Waals surface area (Å²) < 4.78 is 35.0. The number of sulfone groups is 1. The number of anilines is 1. The zero-order valence-electron chi connectivity index (χ0n) is 17.4. The molecule has 0 aliphatic rings. The number of ether oxygens (including phenoxy) is 2. The molecule has 158 valence electrons. The van der Waals surface area contributed by atoms with E-state index in [1.54, 1.807) is 19.1 Å². The molecule has 0 bridgehead atoms. The predicted octanol–water partition coefficient (Wildman–Crippen LogP) is 4.51. The third-order valence-corrected chi connectivity index (χ3v) is 5.95. The van der Waals surface area contributed by atoms with Gasteiger partial charge in [-0.25, -0.2) is 8.42 Å². The third-order valence-electron chi connectivity index (χ3n) is 4.37. The molecule has 6 nitrogen and oxygen atoms in total. The van der Waals surface area contributed by atoms with Crippen LogP contribution in [0.1, 0.15) is 36.7 Å². The van der Waals surface area contributed by atoms with Crippen molar-refractivity contribution in [2.45, 2.75) is 38.7 Å². The van der Waals surface area contributed by atoms with E-state index in [4.69, 9.17) is 21.1 Å². The fourth-order valence-electron chi connectivity index (χ4n) is 2.93. The van der Waals surface area contributed by atoms with Crippen LogP contribution in [-0.4, -0.2) is 40.3 Å². The highest BCUT2D eigenvalue weighted by atomic mass is 35.5. The number of amides is 1. The van der Waals surface area contributed by atoms with Crippen LogP contribution in [0.25, 0.3) is 0 Å². The standard InChI is InChI=1S/C21H26ClNO5S/c1-7-23(17-9-11-19(27-5)20(22)14(17)4)21(24)16-12-15(29(6,25)26)8-10-18(16)28-13(2)3/h8-13H,7H2,1-6H3. The maximum Gasteiger partial charge on any atom is 0.262 e. The molecule has 0 radical (unpaired) electrons. The van der Waals surface area contributed by atoms with E-state index in [2.05, 4.69) is 0 Å². The Morgan fingerprint density at radius 2 is 1.79 bits per heavy atom. The Morgan fingerprint density at radius 1 is 1.17 bits per heavy atom. The number of rotatable bonds is 7. The molecule has 1 amide bonds. The molecule has 0 heterocycles. The first-order valence-corrected chi connectivity index (χ1v) is 11.4. The van der Waals surface area contributed by atoms with Gasteiger partial charge in [-0.2, -0.15) is 0 Å². The van der Waals surface area contributed by atoms with E-state index < -0.39 is 9.84 Å². The van der Waals surface area contributed by atoms with E-state index >= 15 is 0 Å². The molecular formula is C21H26ClNO5S. The molecule has 8 heteroatoms. The first kappa shape index (κ1) is 23.0. The fourth-order valence-corrected chi connectivity index (χ4v) is 3.82. The Hall–Kier alpha value is -2.25. The van der Waals surface area contributed by atoms with Crippen LogP contribution in [-0.2, 0) is 9.84 Å². The van der Waals surface area contributed by atoms with Crippen molar-refractivity contribution in [2.75, 3.05) is 24.8 Å². The first-order chi connectivity index (χ1) is 13.5. The molecule has 2 aromatic carbocycles. The van der Waals surface area contributed by atoms with Gasteiger partial charge in [0.1, 0.15) is 11.5 Å². The Balaban J connectivity index is 2.62. The van der Waals surface area contributed by atoms with Gasteiger partial charge in [-0.3, -0.25) is 4.79 Å². The number of nitrogens with zero attached hydrogens (tertiary/aromatic N) is 1. The highest BCUT2D eigenvalue weighted by Crippen LogP contribution is 2.36. The third kappa shape index (κ3) is 5.03. The molecule has 29 heavy (non-hydrogen) atoms. The van der Waals surface area contributed by atoms with Gasteiger partial charge in [-0.1, -0.05) is 11.6 Å². The molecule has 0 unspecified atom stereocenters. The summed E-state index contributed by atoms with van der Waals surface area (Å²) in [6.07, 6.45) is 0.919. The molecule has 2 rings (SSSR count). The molecule has 0 saturated carbocycles. The summed E-state index contributed by atoms with van der Waals surface area (Å²) in [6.45, 7) is 7.66. The van der Waals surface area contributed by atoms with Crippen molar-refractivity contribution in [2.24, 2.45) is 0 Å². The zero-order chi connectivity index (χ0) is 21.9. The molecule has 0 spiro atoms. The minimum absolute atomic E-state index is 0.0532. The fraction of sp³-hybridized carbons (Fsp3) is 0.381. The summed E-state index contributed by atoms with van der Waals surface area (Å²) in [6, 6.07) is 7.77. The maximum atomic E-state index is 13.5. The highest BCUT2D eigenvalue weighted by molar-refractivity contribution is 7.90. The average molecular weight is 440 g/mol. The molecule has 2 aromatic rings. The molecule has 0 atom stereocenters. The SMILES string of the molecule is CCN(C(=O)c1cc(S(C)(=O)=O)ccc1OC(C)C)c1ccc(OC)c(Cl)c1C. The number of carbonyl (C=O) groups excluding carboxylic acids is 1. The second-order valence-corrected chi connectivity index (χ2v) is 9.27. The van der Waals surface area contributed by atoms with Gasteiger partial charge in [0.05, 0.1) is 28.7 Å². The van der Waals surface area contributed by atoms with E-state index in [-0.39, 0.29) is 22.5 Å². The quantitative estimate of drug-likeness (QED) is 0.634. The van der Waals surface area contributed by atoms with Crippen molar-refractivity contribution >= 4 is 33.0 Å². The molecule has 0 aliphatic heterocycles. The Bertz CT molecular complexity index is 1020. The minimum Gasteiger partial charge on any atom is -0.495 e. The Labute approximate surface area is 177 Å². The second kappa shape index (κ2) is 9.05. The van der Waals surface area contributed by atoms with Crippen LogP contribution in [0.5, 0.6) is 11.5 Å². The van der Waals surface area contributed by atoms with Gasteiger partial charge >= 0.3 is 0 Å². The molecule has 0 aromatic heterocycles. The molecule has 0 saturated heterocycles. The number of methoxy groups -OCH3 is 1. The number of hydrogen-bond donors (Lipinski definition) is 0. The Morgan fingerprint density at radius 3 is 2.31 bits per heavy atom. The van der Waals surface area contributed by atoms with Gasteiger partial charge < -0.3 is 14.4 Å². The van der Waals surface area contributed by atoms with Crippen molar-refractivity contribution in [3.05, 3.63) is 46.5 Å². The highest BCUT2D eigenvalue weighted by Gasteiger charge is 2.25. The lowest BCUT2D eigenvalue weighted by molar-refractivity contribution is 0.0982. The maximum absolute atomic E-state index is 13.5. The monoisotopic (exact) mass is 439 g/mol. The van der Waals surface area contributed by atoms with Crippen LogP contribution >= 0.6 is 11.6 Å². The van der Waals surface area contributed by atoms with Crippen LogP contribution in [0.4, 0.5) is 5.69 Å². The van der Waals surface area contributed by atoms with Crippen LogP contribution in [0.3, 0.4) is 0 Å². The smallest absolute Gasteiger partial charge is 0.262 e. The minimum atomic E-state index is -3.49. The van der Waals surface area contributed by atoms with Crippen molar-refractivity contribution in [3.63, 3.8) is 0 Å². The van der Waals surface area contributed by atoms with Gasteiger partial charge in [-0.05, 0) is 63.6 Å². The van der Waals surface area contributed by atoms with Crippen molar-refractivity contribution < 1.29 is 22.7 Å². The van der Waals surface area contributed by atoms with E-state index in [1.165, 1.54) is 30.2 Å². The summed E-state index contributed by atoms with van der Waals surface area (Å²) in [5.74, 6) is 0.463. The van der Waals surface area contributed by atoms with E-state index in [9.17, 15) is 13.2 Å². The lowest BCUT2D eigenvalue weighted by atomic mass is 10.1. The van der Waals surface area contributed by atoms with Crippen molar-refractivity contribution in [1.82, 2.24) is 0 Å². The summed E-state index contributed by atoms with van der Waals surface area (Å²) >= 11 is 6.37. The zero-order valence-corrected chi connectivity index (χ0v) is 19.0. The van der Waals surface area contributed by atoms with E-state index in [0.717, 1.165) is 6.26 Å². The van der Waals surface area contributed by atoms with E-state index in [0.29, 0.717) is 34.3 Å². The normalized spacial score (nSPS) is 11.4. The molecule has 0 fully saturated rings. The van der Waals surface area contributed by atoms with Gasteiger partial charge in [0, 0.05) is 18.5 Å². The summed E-state index contributed by atoms with van der Waals surface area (Å²) in [5.41, 5.74) is 1.48. The van der Waals surface area contributed by atoms with Crippen molar-refractivity contribution in [3.8, 4) is 11.5 Å². The molecule has 0 aliphatic carbocycles. The summed E-state index contributed by atoms with van der Waals surface area (Å²) in [5, 5.41) is 0.416. The van der Waals surface area contributed by atoms with Gasteiger partial charge in [0.15, 0.2) is 9.84 Å². The predicted molar refractivity (Wildman–Crippen MR) is 115 cm³/mol. The van der Waals surface area contributed by atoms with Crippen LogP contribution in [0.2, 0.25) is 5.02 Å². The average Bonchev–Trinajstić information content (AvgIpc) is 2.64. The largest absolute Gasteiger partial charge is 0.495 e. The molecular weight excluding hydrogens is 414 g/mol. The number of benzene rings is 2. The molecule has 0 N–H and O–H groups in total. The summed E-state index contributed by atoms with van der Waals surface area (Å²) in [4.78, 5) is 15.0. The lowest BCUT2D eigenvalue weighted by Gasteiger charge is -2.25. The lowest BCUT2D eigenvalue weighted by Crippen LogP contribution is -2.32. The first-order valence-electron chi connectivity index (χ1n) is 9.16. The van der Waals surface area contributed by atoms with Crippen LogP contribution in [0.15, 0.2) is 35.2 Å². The van der Waals surface area contributed by atoms with Crippen molar-refractivity contribution in [1.29, 1.82) is 0 Å². The van der Waals surface area contributed by atoms with Crippen LogP contribution in [0, 0.1) is 6.92 Å². The summed E-state index contributed by atoms with van der Waals surface area (Å²) in [7, 11) is -1.97. The number of carbonyl (C=O) groups is 1. The Kier molecular flexibility index (Phi) is 7.19.